The maximum atomic E-state index is 13.4. The minimum atomic E-state index is -3.48. The molecule has 0 atom stereocenters. The van der Waals surface area contributed by atoms with E-state index in [0.717, 1.165) is 10.6 Å². The Kier molecular flexibility index (Phi) is 5.66. The molecule has 0 heterocycles. The maximum absolute atomic E-state index is 13.4. The fourth-order valence-electron chi connectivity index (χ4n) is 1.42. The van der Waals surface area contributed by atoms with Crippen LogP contribution in [0.2, 0.25) is 0 Å². The van der Waals surface area contributed by atoms with Crippen LogP contribution in [0, 0.1) is 0 Å². The van der Waals surface area contributed by atoms with Gasteiger partial charge in [-0.2, -0.15) is 8.78 Å². The second-order valence-electron chi connectivity index (χ2n) is 4.03. The van der Waals surface area contributed by atoms with Gasteiger partial charge >= 0.3 is 5.92 Å². The largest absolute Gasteiger partial charge is 0.301 e. The lowest BCUT2D eigenvalue weighted by Gasteiger charge is -2.14. The predicted molar refractivity (Wildman–Crippen MR) is 75.8 cm³/mol. The minimum absolute atomic E-state index is 0.235. The molecular weight excluding hydrogens is 271 g/mol. The van der Waals surface area contributed by atoms with Gasteiger partial charge in [-0.05, 0) is 20.1 Å². The second kappa shape index (κ2) is 6.80. The molecule has 1 aromatic rings. The number of aliphatic imine (C=N–C) groups is 1. The molecule has 19 heavy (non-hydrogen) atoms. The van der Waals surface area contributed by atoms with Gasteiger partial charge in [0, 0.05) is 27.9 Å². The van der Waals surface area contributed by atoms with Gasteiger partial charge in [-0.25, -0.2) is 4.39 Å². The van der Waals surface area contributed by atoms with Crippen molar-refractivity contribution in [1.29, 1.82) is 0 Å². The smallest absolute Gasteiger partial charge is 0.260 e. The predicted octanol–water partition coefficient (Wildman–Crippen LogP) is 4.78. The van der Waals surface area contributed by atoms with Crippen LogP contribution in [-0.4, -0.2) is 19.1 Å². The lowest BCUT2D eigenvalue weighted by Crippen LogP contribution is -2.18. The summed E-state index contributed by atoms with van der Waals surface area (Å²) in [6.07, 6.45) is 3.27. The van der Waals surface area contributed by atoms with Gasteiger partial charge in [0.05, 0.1) is 0 Å². The lowest BCUT2D eigenvalue weighted by molar-refractivity contribution is -0.0281. The number of nitrogens with zero attached hydrogens (tertiary/aromatic N) is 1. The molecule has 0 unspecified atom stereocenters. The van der Waals surface area contributed by atoms with E-state index < -0.39 is 12.6 Å². The topological polar surface area (TPSA) is 12.4 Å². The molecule has 0 radical (unpaired) electrons. The van der Waals surface area contributed by atoms with Crippen molar-refractivity contribution in [2.45, 2.75) is 19.8 Å². The fourth-order valence-corrected chi connectivity index (χ4v) is 1.77. The maximum Gasteiger partial charge on any atom is 0.301 e. The van der Waals surface area contributed by atoms with Crippen LogP contribution in [-0.2, 0) is 5.92 Å². The van der Waals surface area contributed by atoms with Gasteiger partial charge in [0.1, 0.15) is 0 Å². The molecule has 0 N–H and O–H groups in total. The first kappa shape index (κ1) is 15.8. The molecule has 0 aliphatic rings. The standard InChI is InChI=1S/C14H16F3NS/c1-10(11(2)19-3)18-8-12-6-4-5-7-13(12)14(16,17)9-15/h4-8H,9H2,1-3H3/b11-10-,18-8?. The molecule has 0 saturated carbocycles. The molecule has 0 fully saturated rings. The molecular formula is C14H16F3NS. The third kappa shape index (κ3) is 4.13. The van der Waals surface area contributed by atoms with Crippen LogP contribution in [0.4, 0.5) is 13.2 Å². The third-order valence-electron chi connectivity index (χ3n) is 2.74. The highest BCUT2D eigenvalue weighted by Gasteiger charge is 2.33. The summed E-state index contributed by atoms with van der Waals surface area (Å²) in [5.74, 6) is -3.48. The summed E-state index contributed by atoms with van der Waals surface area (Å²) < 4.78 is 39.3. The molecule has 1 aromatic carbocycles. The summed E-state index contributed by atoms with van der Waals surface area (Å²) in [5.41, 5.74) is 0.653. The first-order valence-electron chi connectivity index (χ1n) is 5.71. The van der Waals surface area contributed by atoms with Gasteiger partial charge in [-0.3, -0.25) is 4.99 Å². The van der Waals surface area contributed by atoms with Gasteiger partial charge in [0.15, 0.2) is 6.67 Å². The number of benzene rings is 1. The van der Waals surface area contributed by atoms with E-state index in [9.17, 15) is 13.2 Å². The molecule has 0 spiro atoms. The molecule has 0 aliphatic carbocycles. The number of allylic oxidation sites excluding steroid dienone is 2. The number of alkyl halides is 3. The van der Waals surface area contributed by atoms with Gasteiger partial charge in [0.2, 0.25) is 0 Å². The molecule has 104 valence electrons. The SMILES string of the molecule is CS/C(C)=C(/C)N=Cc1ccccc1C(F)(F)CF. The molecule has 0 bridgehead atoms. The first-order chi connectivity index (χ1) is 8.92. The molecule has 5 heteroatoms. The summed E-state index contributed by atoms with van der Waals surface area (Å²) in [7, 11) is 0. The fraction of sp³-hybridized carbons (Fsp3) is 0.357. The van der Waals surface area contributed by atoms with Gasteiger partial charge in [-0.15, -0.1) is 11.8 Å². The summed E-state index contributed by atoms with van der Waals surface area (Å²) in [4.78, 5) is 5.16. The Morgan fingerprint density at radius 1 is 1.32 bits per heavy atom. The van der Waals surface area contributed by atoms with Crippen molar-refractivity contribution in [2.24, 2.45) is 4.99 Å². The Hall–Kier alpha value is -1.23. The Morgan fingerprint density at radius 3 is 2.53 bits per heavy atom. The van der Waals surface area contributed by atoms with E-state index >= 15 is 0 Å². The average Bonchev–Trinajstić information content (AvgIpc) is 2.44. The van der Waals surface area contributed by atoms with Crippen molar-refractivity contribution < 1.29 is 13.2 Å². The van der Waals surface area contributed by atoms with Crippen molar-refractivity contribution in [3.05, 3.63) is 46.0 Å². The zero-order valence-electron chi connectivity index (χ0n) is 11.1. The van der Waals surface area contributed by atoms with Crippen molar-refractivity contribution >= 4 is 18.0 Å². The van der Waals surface area contributed by atoms with Crippen molar-refractivity contribution in [2.75, 3.05) is 12.9 Å². The van der Waals surface area contributed by atoms with Crippen LogP contribution in [0.15, 0.2) is 39.9 Å². The zero-order chi connectivity index (χ0) is 14.5. The number of hydrogen-bond donors (Lipinski definition) is 0. The van der Waals surface area contributed by atoms with Gasteiger partial charge < -0.3 is 0 Å². The number of rotatable bonds is 5. The summed E-state index contributed by atoms with van der Waals surface area (Å²) >= 11 is 1.54. The van der Waals surface area contributed by atoms with E-state index in [1.165, 1.54) is 36.2 Å². The Labute approximate surface area is 115 Å². The van der Waals surface area contributed by atoms with E-state index in [0.29, 0.717) is 0 Å². The quantitative estimate of drug-likeness (QED) is 0.710. The minimum Gasteiger partial charge on any atom is -0.260 e. The molecule has 0 aromatic heterocycles. The molecule has 0 aliphatic heterocycles. The van der Waals surface area contributed by atoms with Crippen LogP contribution in [0.1, 0.15) is 25.0 Å². The van der Waals surface area contributed by atoms with Crippen LogP contribution < -0.4 is 0 Å². The van der Waals surface area contributed by atoms with Crippen LogP contribution in [0.5, 0.6) is 0 Å². The highest BCUT2D eigenvalue weighted by atomic mass is 32.2. The van der Waals surface area contributed by atoms with Gasteiger partial charge in [-0.1, -0.05) is 24.3 Å². The summed E-state index contributed by atoms with van der Waals surface area (Å²) in [6.45, 7) is 1.99. The number of hydrogen-bond acceptors (Lipinski definition) is 2. The van der Waals surface area contributed by atoms with E-state index in [1.54, 1.807) is 13.0 Å². The van der Waals surface area contributed by atoms with Crippen molar-refractivity contribution in [3.8, 4) is 0 Å². The van der Waals surface area contributed by atoms with Crippen LogP contribution in [0.25, 0.3) is 0 Å². The van der Waals surface area contributed by atoms with Gasteiger partial charge in [0.25, 0.3) is 0 Å². The second-order valence-corrected chi connectivity index (χ2v) is 5.05. The molecule has 0 amide bonds. The summed E-state index contributed by atoms with van der Waals surface area (Å²) in [6, 6.07) is 5.82. The number of halogens is 3. The van der Waals surface area contributed by atoms with E-state index in [2.05, 4.69) is 4.99 Å². The lowest BCUT2D eigenvalue weighted by atomic mass is 10.0. The van der Waals surface area contributed by atoms with Crippen LogP contribution in [0.3, 0.4) is 0 Å². The van der Waals surface area contributed by atoms with E-state index in [4.69, 9.17) is 0 Å². The van der Waals surface area contributed by atoms with Crippen LogP contribution >= 0.6 is 11.8 Å². The average molecular weight is 287 g/mol. The molecule has 0 saturated heterocycles. The Bertz CT molecular complexity index is 495. The molecule has 1 nitrogen and oxygen atoms in total. The highest BCUT2D eigenvalue weighted by molar-refractivity contribution is 8.02. The third-order valence-corrected chi connectivity index (χ3v) is 3.64. The van der Waals surface area contributed by atoms with E-state index in [1.807, 2.05) is 13.2 Å². The molecule has 1 rings (SSSR count). The monoisotopic (exact) mass is 287 g/mol. The number of thioether (sulfide) groups is 1. The Balaban J connectivity index is 3.13. The zero-order valence-corrected chi connectivity index (χ0v) is 11.9. The van der Waals surface area contributed by atoms with Crippen molar-refractivity contribution in [3.63, 3.8) is 0 Å². The highest BCUT2D eigenvalue weighted by Crippen LogP contribution is 2.30. The van der Waals surface area contributed by atoms with Crippen molar-refractivity contribution in [1.82, 2.24) is 0 Å². The van der Waals surface area contributed by atoms with E-state index in [-0.39, 0.29) is 11.1 Å². The Morgan fingerprint density at radius 2 is 1.95 bits per heavy atom. The first-order valence-corrected chi connectivity index (χ1v) is 6.93. The summed E-state index contributed by atoms with van der Waals surface area (Å²) in [5, 5.41) is 0. The normalized spacial score (nSPS) is 13.8.